The highest BCUT2D eigenvalue weighted by Crippen LogP contribution is 2.22. The summed E-state index contributed by atoms with van der Waals surface area (Å²) in [6, 6.07) is 19.6. The fourth-order valence-electron chi connectivity index (χ4n) is 2.67. The van der Waals surface area contributed by atoms with E-state index in [2.05, 4.69) is 10.1 Å². The first-order chi connectivity index (χ1) is 14.5. The largest absolute Gasteiger partial charge is 0.508 e. The molecule has 3 aromatic carbocycles. The number of hydrogen-bond donors (Lipinski definition) is 2. The van der Waals surface area contributed by atoms with Crippen LogP contribution in [-0.4, -0.2) is 36.7 Å². The van der Waals surface area contributed by atoms with Gasteiger partial charge in [-0.15, -0.1) is 0 Å². The van der Waals surface area contributed by atoms with Crippen LogP contribution in [0, 0.1) is 0 Å². The third-order valence-electron chi connectivity index (χ3n) is 4.25. The Morgan fingerprint density at radius 3 is 1.83 bits per heavy atom. The molecule has 0 aromatic heterocycles. The molecule has 0 aliphatic carbocycles. The number of nitrogens with one attached hydrogen (secondary N) is 1. The molecule has 0 heterocycles. The summed E-state index contributed by atoms with van der Waals surface area (Å²) in [7, 11) is 1.28. The third-order valence-corrected chi connectivity index (χ3v) is 4.25. The van der Waals surface area contributed by atoms with Crippen molar-refractivity contribution in [1.82, 2.24) is 0 Å². The Kier molecular flexibility index (Phi) is 6.44. The maximum atomic E-state index is 12.2. The van der Waals surface area contributed by atoms with Crippen LogP contribution < -0.4 is 5.32 Å². The van der Waals surface area contributed by atoms with Gasteiger partial charge in [-0.05, 0) is 59.7 Å². The first-order valence-electron chi connectivity index (χ1n) is 9.01. The van der Waals surface area contributed by atoms with Gasteiger partial charge < -0.3 is 19.9 Å². The summed E-state index contributed by atoms with van der Waals surface area (Å²) in [4.78, 5) is 35.5. The van der Waals surface area contributed by atoms with Crippen LogP contribution in [-0.2, 0) is 14.3 Å². The van der Waals surface area contributed by atoms with Crippen LogP contribution in [0.1, 0.15) is 20.7 Å². The number of benzene rings is 3. The van der Waals surface area contributed by atoms with Crippen LogP contribution >= 0.6 is 0 Å². The standard InChI is InChI=1S/C23H19NO6/c1-29-22(27)17-6-10-19(11-7-17)24-21(26)14-30-23(28)18-4-2-15(3-5-18)16-8-12-20(25)13-9-16/h2-13,25H,14H2,1H3,(H,24,26). The first-order valence-corrected chi connectivity index (χ1v) is 9.01. The molecule has 0 spiro atoms. The predicted molar refractivity (Wildman–Crippen MR) is 110 cm³/mol. The molecular weight excluding hydrogens is 386 g/mol. The first kappa shape index (κ1) is 20.6. The summed E-state index contributed by atoms with van der Waals surface area (Å²) in [5.74, 6) is -1.42. The lowest BCUT2D eigenvalue weighted by Crippen LogP contribution is -2.21. The molecule has 0 atom stereocenters. The van der Waals surface area contributed by atoms with Crippen LogP contribution in [0.15, 0.2) is 72.8 Å². The molecule has 3 rings (SSSR count). The average molecular weight is 405 g/mol. The van der Waals surface area contributed by atoms with Gasteiger partial charge in [-0.25, -0.2) is 9.59 Å². The average Bonchev–Trinajstić information content (AvgIpc) is 2.78. The van der Waals surface area contributed by atoms with Gasteiger partial charge in [0.05, 0.1) is 18.2 Å². The SMILES string of the molecule is COC(=O)c1ccc(NC(=O)COC(=O)c2ccc(-c3ccc(O)cc3)cc2)cc1. The fourth-order valence-corrected chi connectivity index (χ4v) is 2.67. The molecule has 0 saturated carbocycles. The predicted octanol–water partition coefficient (Wildman–Crippen LogP) is 3.64. The molecule has 7 heteroatoms. The van der Waals surface area contributed by atoms with Crippen molar-refractivity contribution in [3.05, 3.63) is 83.9 Å². The highest BCUT2D eigenvalue weighted by atomic mass is 16.5. The van der Waals surface area contributed by atoms with E-state index in [1.54, 1.807) is 60.7 Å². The number of carbonyl (C=O) groups is 3. The Morgan fingerprint density at radius 2 is 1.27 bits per heavy atom. The second-order valence-electron chi connectivity index (χ2n) is 6.32. The Bertz CT molecular complexity index is 1040. The highest BCUT2D eigenvalue weighted by molar-refractivity contribution is 5.96. The van der Waals surface area contributed by atoms with Crippen LogP contribution in [0.2, 0.25) is 0 Å². The minimum atomic E-state index is -0.622. The lowest BCUT2D eigenvalue weighted by atomic mass is 10.0. The third kappa shape index (κ3) is 5.23. The van der Waals surface area contributed by atoms with E-state index in [0.717, 1.165) is 11.1 Å². The van der Waals surface area contributed by atoms with Crippen molar-refractivity contribution < 1.29 is 29.0 Å². The van der Waals surface area contributed by atoms with E-state index in [1.807, 2.05) is 0 Å². The Hall–Kier alpha value is -4.13. The van der Waals surface area contributed by atoms with Crippen LogP contribution in [0.3, 0.4) is 0 Å². The summed E-state index contributed by atoms with van der Waals surface area (Å²) in [6.45, 7) is -0.447. The van der Waals surface area contributed by atoms with Crippen molar-refractivity contribution in [3.63, 3.8) is 0 Å². The van der Waals surface area contributed by atoms with Gasteiger partial charge >= 0.3 is 11.9 Å². The fraction of sp³-hybridized carbons (Fsp3) is 0.0870. The van der Waals surface area contributed by atoms with Gasteiger partial charge in [0, 0.05) is 5.69 Å². The van der Waals surface area contributed by atoms with E-state index in [9.17, 15) is 19.5 Å². The molecule has 0 fully saturated rings. The summed E-state index contributed by atoms with van der Waals surface area (Å²) in [6.07, 6.45) is 0. The normalized spacial score (nSPS) is 10.2. The quantitative estimate of drug-likeness (QED) is 0.607. The number of aromatic hydroxyl groups is 1. The minimum absolute atomic E-state index is 0.177. The minimum Gasteiger partial charge on any atom is -0.508 e. The second kappa shape index (κ2) is 9.38. The smallest absolute Gasteiger partial charge is 0.338 e. The number of methoxy groups -OCH3 is 1. The molecule has 0 bridgehead atoms. The van der Waals surface area contributed by atoms with E-state index >= 15 is 0 Å². The van der Waals surface area contributed by atoms with Crippen molar-refractivity contribution in [2.24, 2.45) is 0 Å². The number of amides is 1. The van der Waals surface area contributed by atoms with Gasteiger partial charge in [0.1, 0.15) is 5.75 Å². The number of anilines is 1. The molecule has 0 aliphatic rings. The molecular formula is C23H19NO6. The molecule has 0 saturated heterocycles. The van der Waals surface area contributed by atoms with Crippen molar-refractivity contribution in [3.8, 4) is 16.9 Å². The molecule has 2 N–H and O–H groups in total. The summed E-state index contributed by atoms with van der Waals surface area (Å²) < 4.78 is 9.65. The zero-order valence-corrected chi connectivity index (χ0v) is 16.1. The molecule has 1 amide bonds. The topological polar surface area (TPSA) is 102 Å². The van der Waals surface area contributed by atoms with Gasteiger partial charge in [0.2, 0.25) is 0 Å². The van der Waals surface area contributed by atoms with E-state index < -0.39 is 24.5 Å². The van der Waals surface area contributed by atoms with Crippen molar-refractivity contribution in [2.45, 2.75) is 0 Å². The van der Waals surface area contributed by atoms with Crippen molar-refractivity contribution in [2.75, 3.05) is 19.0 Å². The Morgan fingerprint density at radius 1 is 0.767 bits per heavy atom. The maximum absolute atomic E-state index is 12.2. The zero-order valence-electron chi connectivity index (χ0n) is 16.1. The van der Waals surface area contributed by atoms with Crippen molar-refractivity contribution >= 4 is 23.5 Å². The van der Waals surface area contributed by atoms with Crippen LogP contribution in [0.5, 0.6) is 5.75 Å². The lowest BCUT2D eigenvalue weighted by Gasteiger charge is -2.08. The molecule has 0 unspecified atom stereocenters. The number of phenolic OH excluding ortho intramolecular Hbond substituents is 1. The van der Waals surface area contributed by atoms with Gasteiger partial charge in [-0.3, -0.25) is 4.79 Å². The molecule has 7 nitrogen and oxygen atoms in total. The van der Waals surface area contributed by atoms with Crippen molar-refractivity contribution in [1.29, 1.82) is 0 Å². The Balaban J connectivity index is 1.52. The number of carbonyl (C=O) groups excluding carboxylic acids is 3. The van der Waals surface area contributed by atoms with E-state index in [-0.39, 0.29) is 5.75 Å². The van der Waals surface area contributed by atoms with E-state index in [0.29, 0.717) is 16.8 Å². The monoisotopic (exact) mass is 405 g/mol. The Labute approximate surface area is 172 Å². The molecule has 0 aliphatic heterocycles. The van der Waals surface area contributed by atoms with Gasteiger partial charge in [-0.1, -0.05) is 24.3 Å². The molecule has 30 heavy (non-hydrogen) atoms. The molecule has 152 valence electrons. The number of esters is 2. The molecule has 3 aromatic rings. The van der Waals surface area contributed by atoms with Crippen LogP contribution in [0.25, 0.3) is 11.1 Å². The van der Waals surface area contributed by atoms with E-state index in [4.69, 9.17) is 4.74 Å². The number of rotatable bonds is 6. The molecule has 0 radical (unpaired) electrons. The highest BCUT2D eigenvalue weighted by Gasteiger charge is 2.11. The zero-order chi connectivity index (χ0) is 21.5. The summed E-state index contributed by atoms with van der Waals surface area (Å²) >= 11 is 0. The summed E-state index contributed by atoms with van der Waals surface area (Å²) in [5.41, 5.74) is 2.90. The number of hydrogen-bond acceptors (Lipinski definition) is 6. The summed E-state index contributed by atoms with van der Waals surface area (Å²) in [5, 5.41) is 11.9. The maximum Gasteiger partial charge on any atom is 0.338 e. The van der Waals surface area contributed by atoms with Gasteiger partial charge in [0.25, 0.3) is 5.91 Å². The van der Waals surface area contributed by atoms with E-state index in [1.165, 1.54) is 19.2 Å². The van der Waals surface area contributed by atoms with Gasteiger partial charge in [-0.2, -0.15) is 0 Å². The second-order valence-corrected chi connectivity index (χ2v) is 6.32. The lowest BCUT2D eigenvalue weighted by molar-refractivity contribution is -0.119. The number of ether oxygens (including phenoxy) is 2. The van der Waals surface area contributed by atoms with Crippen LogP contribution in [0.4, 0.5) is 5.69 Å². The number of phenols is 1. The van der Waals surface area contributed by atoms with Gasteiger partial charge in [0.15, 0.2) is 6.61 Å².